The topological polar surface area (TPSA) is 0 Å². The van der Waals surface area contributed by atoms with E-state index in [1.54, 1.807) is 0 Å². The van der Waals surface area contributed by atoms with Crippen LogP contribution in [0.1, 0.15) is 39.0 Å². The first-order chi connectivity index (χ1) is 4.30. The van der Waals surface area contributed by atoms with Gasteiger partial charge in [0.05, 0.1) is 0 Å². The van der Waals surface area contributed by atoms with Crippen LogP contribution in [0.3, 0.4) is 0 Å². The minimum Gasteiger partial charge on any atom is -0.176 e. The standard InChI is InChI=1S/C8H16S/c1-7(9)8-5-3-2-4-6-8/h7-9H,2-6H2,1H3/t7-/m0/s1. The van der Waals surface area contributed by atoms with Gasteiger partial charge in [0.15, 0.2) is 0 Å². The Kier molecular flexibility index (Phi) is 2.90. The summed E-state index contributed by atoms with van der Waals surface area (Å²) in [5.41, 5.74) is 0. The summed E-state index contributed by atoms with van der Waals surface area (Å²) >= 11 is 4.44. The van der Waals surface area contributed by atoms with Crippen LogP contribution in [0.5, 0.6) is 0 Å². The molecule has 1 heteroatoms. The Morgan fingerprint density at radius 1 is 1.22 bits per heavy atom. The zero-order valence-corrected chi connectivity index (χ0v) is 7.03. The molecule has 0 radical (unpaired) electrons. The molecule has 0 amide bonds. The van der Waals surface area contributed by atoms with E-state index in [4.69, 9.17) is 0 Å². The van der Waals surface area contributed by atoms with Crippen LogP contribution in [0, 0.1) is 5.92 Å². The molecular weight excluding hydrogens is 128 g/mol. The van der Waals surface area contributed by atoms with E-state index in [0.29, 0.717) is 5.25 Å². The molecule has 1 aliphatic carbocycles. The highest BCUT2D eigenvalue weighted by Gasteiger charge is 2.16. The molecule has 1 rings (SSSR count). The highest BCUT2D eigenvalue weighted by atomic mass is 32.1. The number of thiol groups is 1. The first-order valence-electron chi connectivity index (χ1n) is 3.99. The summed E-state index contributed by atoms with van der Waals surface area (Å²) in [5.74, 6) is 0.919. The first-order valence-corrected chi connectivity index (χ1v) is 4.50. The Labute approximate surface area is 63.4 Å². The molecule has 0 unspecified atom stereocenters. The van der Waals surface area contributed by atoms with Gasteiger partial charge in [-0.15, -0.1) is 0 Å². The van der Waals surface area contributed by atoms with Gasteiger partial charge in [0.2, 0.25) is 0 Å². The van der Waals surface area contributed by atoms with Gasteiger partial charge in [0, 0.05) is 5.25 Å². The van der Waals surface area contributed by atoms with Crippen LogP contribution in [0.4, 0.5) is 0 Å². The highest BCUT2D eigenvalue weighted by Crippen LogP contribution is 2.28. The summed E-state index contributed by atoms with van der Waals surface area (Å²) in [4.78, 5) is 0. The Balaban J connectivity index is 2.23. The van der Waals surface area contributed by atoms with Crippen LogP contribution in [-0.2, 0) is 0 Å². The smallest absolute Gasteiger partial charge is 0.00167 e. The SMILES string of the molecule is C[C@H](S)C1CCCCC1. The van der Waals surface area contributed by atoms with Gasteiger partial charge in [-0.2, -0.15) is 12.6 Å². The van der Waals surface area contributed by atoms with E-state index >= 15 is 0 Å². The Morgan fingerprint density at radius 2 is 1.78 bits per heavy atom. The molecule has 1 fully saturated rings. The maximum Gasteiger partial charge on any atom is 0.00167 e. The van der Waals surface area contributed by atoms with E-state index in [2.05, 4.69) is 19.6 Å². The lowest BCUT2D eigenvalue weighted by atomic mass is 9.87. The predicted octanol–water partition coefficient (Wildman–Crippen LogP) is 2.89. The lowest BCUT2D eigenvalue weighted by Gasteiger charge is -2.23. The predicted molar refractivity (Wildman–Crippen MR) is 45.0 cm³/mol. The number of rotatable bonds is 1. The fourth-order valence-corrected chi connectivity index (χ4v) is 1.91. The molecular formula is C8H16S. The van der Waals surface area contributed by atoms with Crippen LogP contribution in [-0.4, -0.2) is 5.25 Å². The second-order valence-corrected chi connectivity index (χ2v) is 3.95. The summed E-state index contributed by atoms with van der Waals surface area (Å²) in [6.45, 7) is 2.22. The van der Waals surface area contributed by atoms with Gasteiger partial charge in [-0.05, 0) is 18.8 Å². The number of hydrogen-bond donors (Lipinski definition) is 1. The van der Waals surface area contributed by atoms with E-state index in [1.807, 2.05) is 0 Å². The van der Waals surface area contributed by atoms with Gasteiger partial charge >= 0.3 is 0 Å². The molecule has 0 aliphatic heterocycles. The van der Waals surface area contributed by atoms with Crippen molar-refractivity contribution in [3.63, 3.8) is 0 Å². The van der Waals surface area contributed by atoms with Crippen molar-refractivity contribution in [1.29, 1.82) is 0 Å². The van der Waals surface area contributed by atoms with Crippen LogP contribution in [0.15, 0.2) is 0 Å². The van der Waals surface area contributed by atoms with Crippen molar-refractivity contribution in [3.05, 3.63) is 0 Å². The van der Waals surface area contributed by atoms with Gasteiger partial charge in [0.25, 0.3) is 0 Å². The van der Waals surface area contributed by atoms with Gasteiger partial charge in [-0.25, -0.2) is 0 Å². The second kappa shape index (κ2) is 3.50. The van der Waals surface area contributed by atoms with Gasteiger partial charge in [0.1, 0.15) is 0 Å². The van der Waals surface area contributed by atoms with Crippen molar-refractivity contribution >= 4 is 12.6 Å². The third-order valence-electron chi connectivity index (χ3n) is 2.33. The van der Waals surface area contributed by atoms with E-state index in [1.165, 1.54) is 32.1 Å². The lowest BCUT2D eigenvalue weighted by Crippen LogP contribution is -2.14. The monoisotopic (exact) mass is 144 g/mol. The molecule has 0 nitrogen and oxygen atoms in total. The molecule has 0 aromatic carbocycles. The zero-order valence-electron chi connectivity index (χ0n) is 6.14. The molecule has 0 bridgehead atoms. The highest BCUT2D eigenvalue weighted by molar-refractivity contribution is 7.80. The fraction of sp³-hybridized carbons (Fsp3) is 1.00. The van der Waals surface area contributed by atoms with Crippen molar-refractivity contribution in [3.8, 4) is 0 Å². The normalized spacial score (nSPS) is 26.0. The largest absolute Gasteiger partial charge is 0.176 e. The molecule has 0 saturated heterocycles. The number of hydrogen-bond acceptors (Lipinski definition) is 1. The van der Waals surface area contributed by atoms with E-state index in [0.717, 1.165) is 5.92 Å². The summed E-state index contributed by atoms with van der Waals surface area (Å²) in [6.07, 6.45) is 7.18. The van der Waals surface area contributed by atoms with E-state index < -0.39 is 0 Å². The first kappa shape index (κ1) is 7.46. The van der Waals surface area contributed by atoms with Gasteiger partial charge in [-0.1, -0.05) is 26.2 Å². The Bertz CT molecular complexity index is 72.6. The average Bonchev–Trinajstić information content (AvgIpc) is 1.90. The molecule has 0 aromatic rings. The van der Waals surface area contributed by atoms with Crippen molar-refractivity contribution in [1.82, 2.24) is 0 Å². The Hall–Kier alpha value is 0.350. The molecule has 0 aromatic heterocycles. The van der Waals surface area contributed by atoms with Crippen LogP contribution in [0.25, 0.3) is 0 Å². The van der Waals surface area contributed by atoms with Crippen LogP contribution >= 0.6 is 12.6 Å². The molecule has 1 atom stereocenters. The minimum atomic E-state index is 0.630. The van der Waals surface area contributed by atoms with E-state index in [9.17, 15) is 0 Å². The summed E-state index contributed by atoms with van der Waals surface area (Å²) in [6, 6.07) is 0. The summed E-state index contributed by atoms with van der Waals surface area (Å²) < 4.78 is 0. The molecule has 1 aliphatic rings. The van der Waals surface area contributed by atoms with Gasteiger partial charge in [-0.3, -0.25) is 0 Å². The average molecular weight is 144 g/mol. The lowest BCUT2D eigenvalue weighted by molar-refractivity contribution is 0.358. The minimum absolute atomic E-state index is 0.630. The van der Waals surface area contributed by atoms with Crippen LogP contribution in [0.2, 0.25) is 0 Å². The molecule has 54 valence electrons. The molecule has 9 heavy (non-hydrogen) atoms. The van der Waals surface area contributed by atoms with Crippen LogP contribution < -0.4 is 0 Å². The summed E-state index contributed by atoms with van der Waals surface area (Å²) in [7, 11) is 0. The molecule has 0 N–H and O–H groups in total. The third kappa shape index (κ3) is 2.21. The Morgan fingerprint density at radius 3 is 2.11 bits per heavy atom. The van der Waals surface area contributed by atoms with Crippen molar-refractivity contribution in [2.75, 3.05) is 0 Å². The van der Waals surface area contributed by atoms with Gasteiger partial charge < -0.3 is 0 Å². The van der Waals surface area contributed by atoms with Crippen molar-refractivity contribution in [2.45, 2.75) is 44.3 Å². The molecule has 0 spiro atoms. The van der Waals surface area contributed by atoms with E-state index in [-0.39, 0.29) is 0 Å². The molecule has 0 heterocycles. The maximum absolute atomic E-state index is 4.44. The van der Waals surface area contributed by atoms with Crippen molar-refractivity contribution < 1.29 is 0 Å². The molecule has 1 saturated carbocycles. The quantitative estimate of drug-likeness (QED) is 0.537. The summed E-state index contributed by atoms with van der Waals surface area (Å²) in [5, 5.41) is 0.630. The second-order valence-electron chi connectivity index (χ2n) is 3.14. The zero-order chi connectivity index (χ0) is 6.69. The fourth-order valence-electron chi connectivity index (χ4n) is 1.62. The maximum atomic E-state index is 4.44. The van der Waals surface area contributed by atoms with Crippen molar-refractivity contribution in [2.24, 2.45) is 5.92 Å². The third-order valence-corrected chi connectivity index (χ3v) is 2.75.